The fourth-order valence-corrected chi connectivity index (χ4v) is 6.37. The monoisotopic (exact) mass is 617 g/mol. The fourth-order valence-electron chi connectivity index (χ4n) is 4.53. The fraction of sp³-hybridized carbons (Fsp3) is 0.233. The van der Waals surface area contributed by atoms with E-state index >= 15 is 0 Å². The van der Waals surface area contributed by atoms with Gasteiger partial charge in [-0.05, 0) is 80.9 Å². The van der Waals surface area contributed by atoms with Crippen LogP contribution in [0.15, 0.2) is 92.0 Å². The number of carbonyl (C=O) groups is 1. The third kappa shape index (κ3) is 6.42. The number of nitrogens with zero attached hydrogens (tertiary/aromatic N) is 5. The van der Waals surface area contributed by atoms with Crippen molar-refractivity contribution in [3.8, 4) is 5.75 Å². The molecule has 220 valence electrons. The Labute approximate surface area is 254 Å². The van der Waals surface area contributed by atoms with Crippen LogP contribution in [0.3, 0.4) is 0 Å². The molecule has 0 spiro atoms. The quantitative estimate of drug-likeness (QED) is 0.115. The molecule has 1 aliphatic heterocycles. The van der Waals surface area contributed by atoms with Gasteiger partial charge in [-0.2, -0.15) is 0 Å². The first-order valence-electron chi connectivity index (χ1n) is 13.4. The Balaban J connectivity index is 1.61. The normalized spacial score (nSPS) is 14.8. The SMILES string of the molecule is CCOc1ccc([C@@H]2C(C(=O)OC(C)C)=C(C)N=c3s/c(=C\c4ccc(Sc5ncccn5)c([N+](=O)[O-])c4)c(=O)n32)cc1. The second-order valence-corrected chi connectivity index (χ2v) is 11.7. The highest BCUT2D eigenvalue weighted by Gasteiger charge is 2.34. The van der Waals surface area contributed by atoms with Crippen LogP contribution in [0.5, 0.6) is 5.75 Å². The van der Waals surface area contributed by atoms with E-state index in [1.54, 1.807) is 69.6 Å². The van der Waals surface area contributed by atoms with Crippen molar-refractivity contribution in [2.45, 2.75) is 49.9 Å². The minimum absolute atomic E-state index is 0.138. The van der Waals surface area contributed by atoms with Crippen LogP contribution < -0.4 is 19.6 Å². The van der Waals surface area contributed by atoms with Crippen LogP contribution >= 0.6 is 23.1 Å². The number of hydrogen-bond donors (Lipinski definition) is 0. The number of nitro groups is 1. The molecule has 13 heteroatoms. The van der Waals surface area contributed by atoms with E-state index in [4.69, 9.17) is 9.47 Å². The van der Waals surface area contributed by atoms with Crippen LogP contribution in [0, 0.1) is 10.1 Å². The number of ether oxygens (including phenoxy) is 2. The molecule has 4 aromatic rings. The highest BCUT2D eigenvalue weighted by molar-refractivity contribution is 7.99. The smallest absolute Gasteiger partial charge is 0.338 e. The summed E-state index contributed by atoms with van der Waals surface area (Å²) in [6.45, 7) is 7.61. The zero-order chi connectivity index (χ0) is 30.7. The predicted octanol–water partition coefficient (Wildman–Crippen LogP) is 4.43. The number of fused-ring (bicyclic) bond motifs is 1. The van der Waals surface area contributed by atoms with E-state index in [-0.39, 0.29) is 22.9 Å². The highest BCUT2D eigenvalue weighted by atomic mass is 32.2. The van der Waals surface area contributed by atoms with E-state index in [9.17, 15) is 19.7 Å². The number of esters is 1. The molecule has 0 N–H and O–H groups in total. The van der Waals surface area contributed by atoms with Gasteiger partial charge < -0.3 is 9.47 Å². The van der Waals surface area contributed by atoms with Gasteiger partial charge in [-0.3, -0.25) is 19.5 Å². The zero-order valence-electron chi connectivity index (χ0n) is 23.7. The van der Waals surface area contributed by atoms with Crippen LogP contribution in [0.25, 0.3) is 6.08 Å². The van der Waals surface area contributed by atoms with E-state index in [1.165, 1.54) is 10.6 Å². The number of carbonyl (C=O) groups excluding carboxylic acids is 1. The molecule has 0 radical (unpaired) electrons. The van der Waals surface area contributed by atoms with E-state index in [0.29, 0.717) is 48.6 Å². The number of aromatic nitrogens is 3. The van der Waals surface area contributed by atoms with Gasteiger partial charge in [0, 0.05) is 18.5 Å². The van der Waals surface area contributed by atoms with Crippen LogP contribution in [0.2, 0.25) is 0 Å². The minimum atomic E-state index is -0.792. The lowest BCUT2D eigenvalue weighted by atomic mass is 9.96. The molecule has 1 atom stereocenters. The Kier molecular flexibility index (Phi) is 8.83. The molecule has 2 aromatic heterocycles. The van der Waals surface area contributed by atoms with E-state index in [2.05, 4.69) is 15.0 Å². The second kappa shape index (κ2) is 12.7. The van der Waals surface area contributed by atoms with Crippen LogP contribution in [0.4, 0.5) is 5.69 Å². The van der Waals surface area contributed by atoms with Crippen molar-refractivity contribution in [3.05, 3.63) is 113 Å². The van der Waals surface area contributed by atoms with Crippen molar-refractivity contribution in [2.75, 3.05) is 6.61 Å². The van der Waals surface area contributed by atoms with Crippen molar-refractivity contribution in [1.29, 1.82) is 0 Å². The summed E-state index contributed by atoms with van der Waals surface area (Å²) >= 11 is 2.22. The number of benzene rings is 2. The molecule has 0 unspecified atom stereocenters. The third-order valence-corrected chi connectivity index (χ3v) is 8.25. The van der Waals surface area contributed by atoms with Gasteiger partial charge >= 0.3 is 5.97 Å². The summed E-state index contributed by atoms with van der Waals surface area (Å²) in [5.74, 6) is 0.100. The van der Waals surface area contributed by atoms with E-state index in [1.807, 2.05) is 19.1 Å². The van der Waals surface area contributed by atoms with Crippen LogP contribution in [-0.4, -0.2) is 38.1 Å². The van der Waals surface area contributed by atoms with Gasteiger partial charge in [-0.15, -0.1) is 0 Å². The Bertz CT molecular complexity index is 1900. The molecular weight excluding hydrogens is 590 g/mol. The summed E-state index contributed by atoms with van der Waals surface area (Å²) in [7, 11) is 0. The number of nitro benzene ring substituents is 1. The minimum Gasteiger partial charge on any atom is -0.494 e. The average molecular weight is 618 g/mol. The summed E-state index contributed by atoms with van der Waals surface area (Å²) in [6, 6.07) is 12.8. The second-order valence-electron chi connectivity index (χ2n) is 9.66. The molecule has 2 aromatic carbocycles. The largest absolute Gasteiger partial charge is 0.494 e. The summed E-state index contributed by atoms with van der Waals surface area (Å²) in [6.07, 6.45) is 4.34. The first kappa shape index (κ1) is 29.9. The van der Waals surface area contributed by atoms with Crippen molar-refractivity contribution >= 4 is 40.8 Å². The molecular formula is C30H27N5O6S2. The molecule has 0 amide bonds. The molecule has 5 rings (SSSR count). The standard InChI is InChI=1S/C30H27N5O6S2/c1-5-40-21-10-8-20(9-11-21)26-25(28(37)41-17(2)3)18(4)33-30-34(26)27(36)24(43-30)16-19-7-12-23(22(15-19)35(38)39)42-29-31-13-6-14-32-29/h6-17,26H,5H2,1-4H3/b24-16-/t26-/m1/s1. The maximum absolute atomic E-state index is 13.9. The molecule has 0 saturated carbocycles. The maximum atomic E-state index is 13.9. The van der Waals surface area contributed by atoms with Gasteiger partial charge in [0.05, 0.1) is 44.4 Å². The number of thiazole rings is 1. The van der Waals surface area contributed by atoms with Crippen molar-refractivity contribution in [1.82, 2.24) is 14.5 Å². The predicted molar refractivity (Wildman–Crippen MR) is 162 cm³/mol. The number of hydrogen-bond acceptors (Lipinski definition) is 11. The van der Waals surface area contributed by atoms with E-state index in [0.717, 1.165) is 23.1 Å². The Morgan fingerprint density at radius 2 is 1.91 bits per heavy atom. The van der Waals surface area contributed by atoms with Gasteiger partial charge in [0.1, 0.15) is 5.75 Å². The van der Waals surface area contributed by atoms with E-state index < -0.39 is 16.9 Å². The Morgan fingerprint density at radius 3 is 2.56 bits per heavy atom. The zero-order valence-corrected chi connectivity index (χ0v) is 25.3. The lowest BCUT2D eigenvalue weighted by molar-refractivity contribution is -0.387. The molecule has 0 bridgehead atoms. The Hall–Kier alpha value is -4.62. The lowest BCUT2D eigenvalue weighted by Crippen LogP contribution is -2.40. The maximum Gasteiger partial charge on any atom is 0.338 e. The number of rotatable bonds is 9. The van der Waals surface area contributed by atoms with Gasteiger partial charge in [-0.1, -0.05) is 29.5 Å². The molecule has 43 heavy (non-hydrogen) atoms. The molecule has 3 heterocycles. The topological polar surface area (TPSA) is 139 Å². The van der Waals surface area contributed by atoms with Crippen LogP contribution in [0.1, 0.15) is 44.9 Å². The van der Waals surface area contributed by atoms with Crippen LogP contribution in [-0.2, 0) is 9.53 Å². The molecule has 1 aliphatic rings. The summed E-state index contributed by atoms with van der Waals surface area (Å²) in [5.41, 5.74) is 1.32. The Morgan fingerprint density at radius 1 is 1.19 bits per heavy atom. The van der Waals surface area contributed by atoms with Gasteiger partial charge in [0.25, 0.3) is 11.2 Å². The highest BCUT2D eigenvalue weighted by Crippen LogP contribution is 2.34. The summed E-state index contributed by atoms with van der Waals surface area (Å²) in [5, 5.41) is 12.3. The van der Waals surface area contributed by atoms with Gasteiger partial charge in [0.2, 0.25) is 0 Å². The molecule has 0 saturated heterocycles. The summed E-state index contributed by atoms with van der Waals surface area (Å²) in [4.78, 5) is 52.3. The van der Waals surface area contributed by atoms with Gasteiger partial charge in [0.15, 0.2) is 9.96 Å². The first-order valence-corrected chi connectivity index (χ1v) is 15.0. The van der Waals surface area contributed by atoms with Crippen molar-refractivity contribution < 1.29 is 19.2 Å². The lowest BCUT2D eigenvalue weighted by Gasteiger charge is -2.25. The average Bonchev–Trinajstić information content (AvgIpc) is 3.27. The molecule has 0 aliphatic carbocycles. The van der Waals surface area contributed by atoms with Crippen molar-refractivity contribution in [2.24, 2.45) is 4.99 Å². The van der Waals surface area contributed by atoms with Gasteiger partial charge in [-0.25, -0.2) is 19.8 Å². The first-order chi connectivity index (χ1) is 20.7. The third-order valence-electron chi connectivity index (χ3n) is 6.31. The molecule has 11 nitrogen and oxygen atoms in total. The number of allylic oxidation sites excluding steroid dienone is 1. The van der Waals surface area contributed by atoms with Crippen molar-refractivity contribution in [3.63, 3.8) is 0 Å². The molecule has 0 fully saturated rings. The summed E-state index contributed by atoms with van der Waals surface area (Å²) < 4.78 is 12.9.